The molecule has 1 aliphatic heterocycles. The lowest BCUT2D eigenvalue weighted by atomic mass is 10.1. The summed E-state index contributed by atoms with van der Waals surface area (Å²) in [7, 11) is 0. The van der Waals surface area contributed by atoms with Gasteiger partial charge in [-0.05, 0) is 23.8 Å². The Balaban J connectivity index is 1.38. The van der Waals surface area contributed by atoms with Gasteiger partial charge in [0.25, 0.3) is 11.2 Å². The van der Waals surface area contributed by atoms with E-state index in [4.69, 9.17) is 14.2 Å². The second-order valence-electron chi connectivity index (χ2n) is 9.26. The zero-order chi connectivity index (χ0) is 29.1. The van der Waals surface area contributed by atoms with Crippen molar-refractivity contribution in [1.29, 1.82) is 0 Å². The molecule has 3 aromatic carbocycles. The molecule has 0 unspecified atom stereocenters. The van der Waals surface area contributed by atoms with Gasteiger partial charge in [0, 0.05) is 29.7 Å². The van der Waals surface area contributed by atoms with Crippen LogP contribution >= 0.6 is 0 Å². The van der Waals surface area contributed by atoms with Crippen LogP contribution in [-0.2, 0) is 46.6 Å². The molecule has 0 amide bonds. The largest absolute Gasteiger partial charge is 0.467 e. The summed E-state index contributed by atoms with van der Waals surface area (Å²) < 4.78 is 57.4. The summed E-state index contributed by atoms with van der Waals surface area (Å²) in [5, 5.41) is 11.3. The van der Waals surface area contributed by atoms with Gasteiger partial charge in [-0.25, -0.2) is 4.98 Å². The highest BCUT2D eigenvalue weighted by atomic mass is 19.4. The molecule has 0 aliphatic carbocycles. The Morgan fingerprint density at radius 1 is 1.12 bits per heavy atom. The van der Waals surface area contributed by atoms with Crippen LogP contribution in [0.5, 0.6) is 5.75 Å². The van der Waals surface area contributed by atoms with E-state index in [2.05, 4.69) is 4.98 Å². The number of halogens is 3. The van der Waals surface area contributed by atoms with Crippen molar-refractivity contribution in [2.45, 2.75) is 38.8 Å². The number of carbonyl (C=O) groups excluding carboxylic acids is 1. The quantitative estimate of drug-likeness (QED) is 0.167. The zero-order valence-corrected chi connectivity index (χ0v) is 21.3. The lowest BCUT2D eigenvalue weighted by molar-refractivity contribution is -0.385. The number of nitro benzene ring substituents is 1. The van der Waals surface area contributed by atoms with Crippen LogP contribution in [0.3, 0.4) is 0 Å². The smallest absolute Gasteiger partial charge is 0.416 e. The van der Waals surface area contributed by atoms with Gasteiger partial charge in [0.15, 0.2) is 6.79 Å². The van der Waals surface area contributed by atoms with Crippen LogP contribution in [0.2, 0.25) is 0 Å². The van der Waals surface area contributed by atoms with Crippen molar-refractivity contribution in [3.05, 3.63) is 109 Å². The van der Waals surface area contributed by atoms with Crippen LogP contribution in [0.1, 0.15) is 34.4 Å². The fourth-order valence-corrected chi connectivity index (χ4v) is 4.51. The van der Waals surface area contributed by atoms with E-state index in [0.717, 1.165) is 17.7 Å². The summed E-state index contributed by atoms with van der Waals surface area (Å²) in [6.45, 7) is -0.216. The summed E-state index contributed by atoms with van der Waals surface area (Å²) in [5.41, 5.74) is -0.136. The Bertz CT molecular complexity index is 1690. The van der Waals surface area contributed by atoms with E-state index >= 15 is 0 Å². The van der Waals surface area contributed by atoms with E-state index in [9.17, 15) is 32.9 Å². The first kappa shape index (κ1) is 27.8. The fraction of sp³-hybridized carbons (Fsp3) is 0.250. The van der Waals surface area contributed by atoms with Crippen LogP contribution in [0.4, 0.5) is 18.9 Å². The molecule has 13 heteroatoms. The lowest BCUT2D eigenvalue weighted by Gasteiger charge is -2.20. The van der Waals surface area contributed by atoms with E-state index < -0.39 is 28.2 Å². The third-order valence-electron chi connectivity index (χ3n) is 6.46. The topological polar surface area (TPSA) is 123 Å². The Morgan fingerprint density at radius 3 is 2.63 bits per heavy atom. The summed E-state index contributed by atoms with van der Waals surface area (Å²) in [4.78, 5) is 40.9. The molecular formula is C28H22F3N3O7. The molecule has 0 radical (unpaired) electrons. The number of hydrogen-bond donors (Lipinski definition) is 0. The molecule has 0 N–H and O–H groups in total. The Morgan fingerprint density at radius 2 is 1.90 bits per heavy atom. The molecule has 0 fully saturated rings. The molecule has 0 atom stereocenters. The van der Waals surface area contributed by atoms with Gasteiger partial charge < -0.3 is 18.8 Å². The second-order valence-corrected chi connectivity index (χ2v) is 9.26. The van der Waals surface area contributed by atoms with Gasteiger partial charge in [-0.2, -0.15) is 13.2 Å². The first-order valence-electron chi connectivity index (χ1n) is 12.4. The number of aromatic nitrogens is 2. The SMILES string of the molecule is O=C(CCc1nc2cc(C(F)(F)F)ccc2n(Cc2ccccc2)c1=O)OCc1cc([N+](=O)[O-])cc2c1OCOC2. The van der Waals surface area contributed by atoms with Crippen molar-refractivity contribution < 1.29 is 37.1 Å². The first-order chi connectivity index (χ1) is 19.6. The predicted octanol–water partition coefficient (Wildman–Crippen LogP) is 4.91. The zero-order valence-electron chi connectivity index (χ0n) is 21.3. The summed E-state index contributed by atoms with van der Waals surface area (Å²) in [5.74, 6) is -0.410. The molecule has 41 heavy (non-hydrogen) atoms. The van der Waals surface area contributed by atoms with E-state index in [1.54, 1.807) is 30.3 Å². The maximum Gasteiger partial charge on any atom is 0.416 e. The monoisotopic (exact) mass is 569 g/mol. The minimum Gasteiger partial charge on any atom is -0.467 e. The third-order valence-corrected chi connectivity index (χ3v) is 6.46. The maximum atomic E-state index is 13.4. The van der Waals surface area contributed by atoms with Gasteiger partial charge in [-0.1, -0.05) is 30.3 Å². The number of nitro groups is 1. The number of hydrogen-bond acceptors (Lipinski definition) is 8. The van der Waals surface area contributed by atoms with Crippen molar-refractivity contribution >= 4 is 22.7 Å². The lowest BCUT2D eigenvalue weighted by Crippen LogP contribution is -2.27. The van der Waals surface area contributed by atoms with Gasteiger partial charge in [0.2, 0.25) is 0 Å². The van der Waals surface area contributed by atoms with Gasteiger partial charge in [0.05, 0.1) is 41.1 Å². The van der Waals surface area contributed by atoms with Crippen LogP contribution in [0.25, 0.3) is 11.0 Å². The number of alkyl halides is 3. The predicted molar refractivity (Wildman–Crippen MR) is 138 cm³/mol. The minimum absolute atomic E-state index is 0.0404. The maximum absolute atomic E-state index is 13.4. The molecule has 212 valence electrons. The highest BCUT2D eigenvalue weighted by molar-refractivity contribution is 5.76. The van der Waals surface area contributed by atoms with E-state index in [0.29, 0.717) is 11.3 Å². The van der Waals surface area contributed by atoms with E-state index in [1.807, 2.05) is 0 Å². The number of nitrogens with zero attached hydrogens (tertiary/aromatic N) is 3. The average molecular weight is 569 g/mol. The summed E-state index contributed by atoms with van der Waals surface area (Å²) >= 11 is 0. The van der Waals surface area contributed by atoms with Crippen molar-refractivity contribution in [1.82, 2.24) is 9.55 Å². The van der Waals surface area contributed by atoms with Crippen molar-refractivity contribution in [3.63, 3.8) is 0 Å². The number of esters is 1. The van der Waals surface area contributed by atoms with Crippen LogP contribution in [0, 0.1) is 10.1 Å². The highest BCUT2D eigenvalue weighted by Crippen LogP contribution is 2.33. The van der Waals surface area contributed by atoms with Gasteiger partial charge in [-0.3, -0.25) is 19.7 Å². The Labute approximate surface area is 230 Å². The van der Waals surface area contributed by atoms with Gasteiger partial charge in [-0.15, -0.1) is 0 Å². The van der Waals surface area contributed by atoms with Crippen LogP contribution < -0.4 is 10.3 Å². The van der Waals surface area contributed by atoms with Crippen molar-refractivity contribution in [3.8, 4) is 5.75 Å². The molecule has 0 saturated carbocycles. The molecule has 5 rings (SSSR count). The number of rotatable bonds is 8. The highest BCUT2D eigenvalue weighted by Gasteiger charge is 2.31. The minimum atomic E-state index is -4.61. The molecule has 2 heterocycles. The molecule has 1 aromatic heterocycles. The van der Waals surface area contributed by atoms with E-state index in [-0.39, 0.29) is 67.4 Å². The molecule has 0 spiro atoms. The van der Waals surface area contributed by atoms with Crippen molar-refractivity contribution in [2.24, 2.45) is 0 Å². The fourth-order valence-electron chi connectivity index (χ4n) is 4.51. The van der Waals surface area contributed by atoms with Crippen LogP contribution in [-0.4, -0.2) is 27.2 Å². The number of fused-ring (bicyclic) bond motifs is 2. The molecular weight excluding hydrogens is 547 g/mol. The van der Waals surface area contributed by atoms with Gasteiger partial charge in [0.1, 0.15) is 18.1 Å². The number of aryl methyl sites for hydroxylation is 1. The van der Waals surface area contributed by atoms with Crippen molar-refractivity contribution in [2.75, 3.05) is 6.79 Å². The third kappa shape index (κ3) is 6.19. The number of benzene rings is 3. The molecule has 4 aromatic rings. The molecule has 0 bridgehead atoms. The summed E-state index contributed by atoms with van der Waals surface area (Å²) in [6, 6.07) is 14.4. The van der Waals surface area contributed by atoms with Crippen LogP contribution in [0.15, 0.2) is 65.5 Å². The summed E-state index contributed by atoms with van der Waals surface area (Å²) in [6.07, 6.45) is -5.11. The van der Waals surface area contributed by atoms with Gasteiger partial charge >= 0.3 is 12.1 Å². The first-order valence-corrected chi connectivity index (χ1v) is 12.4. The number of ether oxygens (including phenoxy) is 3. The molecule has 10 nitrogen and oxygen atoms in total. The molecule has 0 saturated heterocycles. The number of carbonyl (C=O) groups is 1. The average Bonchev–Trinajstić information content (AvgIpc) is 2.96. The Hall–Kier alpha value is -4.78. The standard InChI is InChI=1S/C28H22F3N3O7/c29-28(30,31)20-6-8-24-23(12-20)32-22(27(36)33(24)13-17-4-2-1-3-5-17)7-9-25(35)40-15-19-11-21(34(37)38)10-18-14-39-16-41-26(18)19/h1-6,8,10-12H,7,9,13-16H2. The molecule has 1 aliphatic rings. The normalized spacial score (nSPS) is 13.0. The van der Waals surface area contributed by atoms with E-state index in [1.165, 1.54) is 22.8 Å². The second kappa shape index (κ2) is 11.4. The Kier molecular flexibility index (Phi) is 7.70. The number of non-ortho nitro benzene ring substituents is 1.